The van der Waals surface area contributed by atoms with Crippen LogP contribution >= 0.6 is 11.8 Å². The summed E-state index contributed by atoms with van der Waals surface area (Å²) < 4.78 is 10.4. The van der Waals surface area contributed by atoms with Crippen LogP contribution < -0.4 is 5.32 Å². The molecule has 30 heavy (non-hydrogen) atoms. The molecular weight excluding hydrogens is 402 g/mol. The Kier molecular flexibility index (Phi) is 7.33. The number of thioether (sulfide) groups is 1. The zero-order chi connectivity index (χ0) is 21.7. The second-order valence-corrected chi connectivity index (χ2v) is 7.83. The summed E-state index contributed by atoms with van der Waals surface area (Å²) in [6.45, 7) is 6.82. The molecule has 0 radical (unpaired) electrons. The number of aliphatic imine (C=N–C) groups is 1. The van der Waals surface area contributed by atoms with E-state index in [0.29, 0.717) is 24.4 Å². The number of methoxy groups -OCH3 is 1. The molecule has 1 aromatic carbocycles. The highest BCUT2D eigenvalue weighted by molar-refractivity contribution is 8.16. The largest absolute Gasteiger partial charge is 0.463 e. The number of hydrogen-bond donors (Lipinski definition) is 1. The molecule has 160 valence electrons. The number of benzene rings is 1. The highest BCUT2D eigenvalue weighted by atomic mass is 32.2. The van der Waals surface area contributed by atoms with Crippen LogP contribution in [0, 0.1) is 6.92 Å². The minimum atomic E-state index is -0.397. The van der Waals surface area contributed by atoms with Gasteiger partial charge in [0, 0.05) is 19.4 Å². The first kappa shape index (κ1) is 22.1. The Labute approximate surface area is 181 Å². The molecule has 2 aliphatic rings. The molecule has 0 fully saturated rings. The SMILES string of the molecule is CCOC(=O)C1=C(C)N=C2SC=C(CC(=O)NCCOC)N2[C@H]1c1ccccc1C. The van der Waals surface area contributed by atoms with Gasteiger partial charge in [0.05, 0.1) is 36.9 Å². The molecule has 0 saturated heterocycles. The average molecular weight is 430 g/mol. The van der Waals surface area contributed by atoms with E-state index in [-0.39, 0.29) is 24.9 Å². The molecule has 0 spiro atoms. The van der Waals surface area contributed by atoms with Gasteiger partial charge in [0.1, 0.15) is 0 Å². The van der Waals surface area contributed by atoms with Gasteiger partial charge in [-0.05, 0) is 37.3 Å². The number of amidine groups is 1. The molecule has 7 nitrogen and oxygen atoms in total. The molecule has 1 N–H and O–H groups in total. The van der Waals surface area contributed by atoms with Gasteiger partial charge in [-0.3, -0.25) is 4.79 Å². The minimum absolute atomic E-state index is 0.104. The van der Waals surface area contributed by atoms with Crippen LogP contribution in [-0.4, -0.2) is 48.8 Å². The zero-order valence-corrected chi connectivity index (χ0v) is 18.5. The molecule has 2 heterocycles. The third-order valence-electron chi connectivity index (χ3n) is 4.95. The maximum absolute atomic E-state index is 12.9. The molecule has 2 aliphatic heterocycles. The van der Waals surface area contributed by atoms with Gasteiger partial charge < -0.3 is 19.7 Å². The van der Waals surface area contributed by atoms with Gasteiger partial charge in [0.2, 0.25) is 5.91 Å². The summed E-state index contributed by atoms with van der Waals surface area (Å²) in [5, 5.41) is 5.54. The van der Waals surface area contributed by atoms with Gasteiger partial charge in [-0.2, -0.15) is 0 Å². The van der Waals surface area contributed by atoms with Crippen molar-refractivity contribution in [3.05, 3.63) is 57.8 Å². The average Bonchev–Trinajstić information content (AvgIpc) is 3.09. The van der Waals surface area contributed by atoms with Crippen LogP contribution in [0.25, 0.3) is 0 Å². The Balaban J connectivity index is 1.98. The van der Waals surface area contributed by atoms with E-state index in [1.807, 2.05) is 48.4 Å². The van der Waals surface area contributed by atoms with Gasteiger partial charge >= 0.3 is 5.97 Å². The number of amides is 1. The smallest absolute Gasteiger partial charge is 0.338 e. The summed E-state index contributed by atoms with van der Waals surface area (Å²) in [4.78, 5) is 32.0. The highest BCUT2D eigenvalue weighted by Crippen LogP contribution is 2.45. The molecule has 8 heteroatoms. The summed E-state index contributed by atoms with van der Waals surface area (Å²) >= 11 is 1.46. The number of rotatable bonds is 8. The number of esters is 1. The standard InChI is InChI=1S/C22H27N3O4S/c1-5-29-21(27)19-15(3)24-22-25(20(19)17-9-7-6-8-14(17)2)16(13-30-22)12-18(26)23-10-11-28-4/h6-9,13,20H,5,10-12H2,1-4H3,(H,23,26)/t20-/m0/s1. The lowest BCUT2D eigenvalue weighted by Gasteiger charge is -2.37. The summed E-state index contributed by atoms with van der Waals surface area (Å²) in [6, 6.07) is 7.55. The Morgan fingerprint density at radius 2 is 2.03 bits per heavy atom. The Morgan fingerprint density at radius 1 is 1.27 bits per heavy atom. The van der Waals surface area contributed by atoms with Crippen LogP contribution in [0.5, 0.6) is 0 Å². The van der Waals surface area contributed by atoms with Crippen LogP contribution in [0.3, 0.4) is 0 Å². The van der Waals surface area contributed by atoms with E-state index in [2.05, 4.69) is 10.3 Å². The van der Waals surface area contributed by atoms with E-state index in [1.54, 1.807) is 14.0 Å². The van der Waals surface area contributed by atoms with Gasteiger partial charge in [-0.25, -0.2) is 9.79 Å². The molecule has 1 atom stereocenters. The molecule has 0 saturated carbocycles. The van der Waals surface area contributed by atoms with Crippen LogP contribution in [0.4, 0.5) is 0 Å². The second kappa shape index (κ2) is 9.95. The maximum atomic E-state index is 12.9. The van der Waals surface area contributed by atoms with Gasteiger partial charge in [-0.1, -0.05) is 36.0 Å². The Morgan fingerprint density at radius 3 is 2.73 bits per heavy atom. The van der Waals surface area contributed by atoms with E-state index in [4.69, 9.17) is 9.47 Å². The molecule has 3 rings (SSSR count). The van der Waals surface area contributed by atoms with E-state index in [9.17, 15) is 9.59 Å². The van der Waals surface area contributed by atoms with Gasteiger partial charge in [0.25, 0.3) is 0 Å². The number of ether oxygens (including phenoxy) is 2. The van der Waals surface area contributed by atoms with E-state index in [1.165, 1.54) is 11.8 Å². The van der Waals surface area contributed by atoms with Crippen molar-refractivity contribution in [2.45, 2.75) is 33.2 Å². The van der Waals surface area contributed by atoms with Crippen molar-refractivity contribution < 1.29 is 19.1 Å². The third-order valence-corrected chi connectivity index (χ3v) is 5.84. The fourth-order valence-electron chi connectivity index (χ4n) is 3.55. The summed E-state index contributed by atoms with van der Waals surface area (Å²) in [5.74, 6) is -0.487. The quantitative estimate of drug-likeness (QED) is 0.505. The van der Waals surface area contributed by atoms with Gasteiger partial charge in [-0.15, -0.1) is 0 Å². The van der Waals surface area contributed by atoms with Crippen molar-refractivity contribution in [1.29, 1.82) is 0 Å². The normalized spacial score (nSPS) is 18.0. The number of hydrogen-bond acceptors (Lipinski definition) is 7. The highest BCUT2D eigenvalue weighted by Gasteiger charge is 2.41. The predicted octanol–water partition coefficient (Wildman–Crippen LogP) is 3.29. The Hall–Kier alpha value is -2.58. The fourth-order valence-corrected chi connectivity index (χ4v) is 4.51. The first-order valence-electron chi connectivity index (χ1n) is 9.90. The van der Waals surface area contributed by atoms with Crippen molar-refractivity contribution in [3.8, 4) is 0 Å². The zero-order valence-electron chi connectivity index (χ0n) is 17.7. The topological polar surface area (TPSA) is 80.2 Å². The summed E-state index contributed by atoms with van der Waals surface area (Å²) in [6.07, 6.45) is 0.188. The Bertz CT molecular complexity index is 923. The molecule has 1 amide bonds. The van der Waals surface area contributed by atoms with E-state index in [0.717, 1.165) is 22.0 Å². The number of nitrogens with zero attached hydrogens (tertiary/aromatic N) is 2. The van der Waals surface area contributed by atoms with Crippen molar-refractivity contribution in [2.75, 3.05) is 26.9 Å². The monoisotopic (exact) mass is 429 g/mol. The van der Waals surface area contributed by atoms with Crippen LogP contribution in [-0.2, 0) is 19.1 Å². The van der Waals surface area contributed by atoms with Crippen LogP contribution in [0.15, 0.2) is 51.6 Å². The van der Waals surface area contributed by atoms with Gasteiger partial charge in [0.15, 0.2) is 5.17 Å². The molecule has 1 aromatic rings. The first-order valence-corrected chi connectivity index (χ1v) is 10.8. The van der Waals surface area contributed by atoms with Crippen LogP contribution in [0.1, 0.15) is 37.4 Å². The molecule has 0 aliphatic carbocycles. The van der Waals surface area contributed by atoms with Crippen LogP contribution in [0.2, 0.25) is 0 Å². The molecule has 0 unspecified atom stereocenters. The van der Waals surface area contributed by atoms with Crippen molar-refractivity contribution >= 4 is 28.8 Å². The van der Waals surface area contributed by atoms with E-state index >= 15 is 0 Å². The number of aryl methyl sites for hydroxylation is 1. The van der Waals surface area contributed by atoms with E-state index < -0.39 is 6.04 Å². The minimum Gasteiger partial charge on any atom is -0.463 e. The van der Waals surface area contributed by atoms with Crippen molar-refractivity contribution in [1.82, 2.24) is 10.2 Å². The lowest BCUT2D eigenvalue weighted by atomic mass is 9.91. The summed E-state index contributed by atoms with van der Waals surface area (Å²) in [5.41, 5.74) is 3.98. The third kappa shape index (κ3) is 4.60. The first-order chi connectivity index (χ1) is 14.5. The van der Waals surface area contributed by atoms with Crippen molar-refractivity contribution in [2.24, 2.45) is 4.99 Å². The van der Waals surface area contributed by atoms with Crippen molar-refractivity contribution in [3.63, 3.8) is 0 Å². The maximum Gasteiger partial charge on any atom is 0.338 e. The lowest BCUT2D eigenvalue weighted by molar-refractivity contribution is -0.139. The number of fused-ring (bicyclic) bond motifs is 1. The second-order valence-electron chi connectivity index (χ2n) is 6.99. The molecular formula is C22H27N3O4S. The summed E-state index contributed by atoms with van der Waals surface area (Å²) in [7, 11) is 1.59. The number of carbonyl (C=O) groups excluding carboxylic acids is 2. The molecule has 0 bridgehead atoms. The predicted molar refractivity (Wildman–Crippen MR) is 118 cm³/mol. The fraction of sp³-hybridized carbons (Fsp3) is 0.409. The molecule has 0 aromatic heterocycles. The number of carbonyl (C=O) groups is 2. The number of allylic oxidation sites excluding steroid dienone is 1. The number of nitrogens with one attached hydrogen (secondary N) is 1. The lowest BCUT2D eigenvalue weighted by Crippen LogP contribution is -2.38.